The van der Waals surface area contributed by atoms with E-state index in [1.165, 1.54) is 6.07 Å². The summed E-state index contributed by atoms with van der Waals surface area (Å²) in [6, 6.07) is 5.43. The molecule has 0 fully saturated rings. The number of hydrogen-bond acceptors (Lipinski definition) is 1. The molecule has 1 aromatic heterocycles. The first kappa shape index (κ1) is 13.3. The van der Waals surface area contributed by atoms with Crippen LogP contribution >= 0.6 is 11.6 Å². The van der Waals surface area contributed by atoms with Gasteiger partial charge in [0.25, 0.3) is 0 Å². The summed E-state index contributed by atoms with van der Waals surface area (Å²) in [5.41, 5.74) is 1.33. The van der Waals surface area contributed by atoms with Crippen LogP contribution in [-0.4, -0.2) is 15.4 Å². The fourth-order valence-electron chi connectivity index (χ4n) is 2.43. The van der Waals surface area contributed by atoms with Crippen LogP contribution in [0.1, 0.15) is 38.6 Å². The predicted molar refractivity (Wildman–Crippen MR) is 73.7 cm³/mol. The maximum atomic E-state index is 13.8. The van der Waals surface area contributed by atoms with Crippen molar-refractivity contribution >= 4 is 22.6 Å². The predicted octanol–water partition coefficient (Wildman–Crippen LogP) is 4.32. The number of halogens is 2. The maximum Gasteiger partial charge on any atom is 0.151 e. The topological polar surface area (TPSA) is 17.8 Å². The lowest BCUT2D eigenvalue weighted by Crippen LogP contribution is -2.09. The average molecular weight is 269 g/mol. The molecule has 0 N–H and O–H groups in total. The second kappa shape index (κ2) is 5.70. The van der Waals surface area contributed by atoms with Crippen molar-refractivity contribution in [3.8, 4) is 0 Å². The normalized spacial score (nSPS) is 13.1. The lowest BCUT2D eigenvalue weighted by Gasteiger charge is -2.16. The Morgan fingerprint density at radius 2 is 2.22 bits per heavy atom. The van der Waals surface area contributed by atoms with Crippen LogP contribution in [-0.2, 0) is 6.42 Å². The van der Waals surface area contributed by atoms with Gasteiger partial charge in [-0.05, 0) is 25.5 Å². The van der Waals surface area contributed by atoms with Gasteiger partial charge in [-0.2, -0.15) is 0 Å². The second-order valence-electron chi connectivity index (χ2n) is 4.58. The summed E-state index contributed by atoms with van der Waals surface area (Å²) in [6.45, 7) is 4.30. The Balaban J connectivity index is 2.58. The number of aromatic nitrogens is 2. The van der Waals surface area contributed by atoms with E-state index in [-0.39, 0.29) is 5.82 Å². The third-order valence-corrected chi connectivity index (χ3v) is 3.40. The van der Waals surface area contributed by atoms with Crippen LogP contribution in [0.3, 0.4) is 0 Å². The molecule has 0 aliphatic rings. The maximum absolute atomic E-state index is 13.8. The van der Waals surface area contributed by atoms with Crippen molar-refractivity contribution in [3.05, 3.63) is 29.8 Å². The Hall–Kier alpha value is -1.09. The Morgan fingerprint density at radius 3 is 2.89 bits per heavy atom. The molecule has 1 heterocycles. The van der Waals surface area contributed by atoms with Gasteiger partial charge in [0.15, 0.2) is 5.82 Å². The number of hydrogen-bond donors (Lipinski definition) is 0. The van der Waals surface area contributed by atoms with E-state index < -0.39 is 0 Å². The molecule has 2 nitrogen and oxygen atoms in total. The van der Waals surface area contributed by atoms with Crippen molar-refractivity contribution in [2.24, 2.45) is 0 Å². The van der Waals surface area contributed by atoms with Crippen LogP contribution < -0.4 is 0 Å². The zero-order chi connectivity index (χ0) is 13.1. The number of nitrogens with zero attached hydrogens (tertiary/aromatic N) is 2. The molecule has 1 aromatic carbocycles. The minimum atomic E-state index is -0.259. The molecular weight excluding hydrogens is 251 g/mol. The number of alkyl halides is 1. The molecule has 0 saturated carbocycles. The highest BCUT2D eigenvalue weighted by Gasteiger charge is 2.16. The van der Waals surface area contributed by atoms with E-state index in [2.05, 4.69) is 23.4 Å². The lowest BCUT2D eigenvalue weighted by molar-refractivity contribution is 0.496. The quantitative estimate of drug-likeness (QED) is 0.739. The molecule has 2 rings (SSSR count). The Kier molecular flexibility index (Phi) is 4.23. The molecule has 1 atom stereocenters. The largest absolute Gasteiger partial charge is 0.325 e. The van der Waals surface area contributed by atoms with Gasteiger partial charge in [-0.3, -0.25) is 0 Å². The molecule has 0 bridgehead atoms. The molecule has 0 radical (unpaired) electrons. The molecular formula is C14H18ClFN2. The number of rotatable bonds is 5. The first-order valence-corrected chi connectivity index (χ1v) is 6.93. The van der Waals surface area contributed by atoms with E-state index in [1.54, 1.807) is 6.07 Å². The SMILES string of the molecule is CCCC(C)n1c(CCCl)nc2c(F)cccc21. The van der Waals surface area contributed by atoms with Crippen molar-refractivity contribution < 1.29 is 4.39 Å². The summed E-state index contributed by atoms with van der Waals surface area (Å²) in [4.78, 5) is 4.41. The van der Waals surface area contributed by atoms with Crippen molar-refractivity contribution in [2.75, 3.05) is 5.88 Å². The van der Waals surface area contributed by atoms with Crippen LogP contribution in [0.5, 0.6) is 0 Å². The van der Waals surface area contributed by atoms with Crippen molar-refractivity contribution in [1.29, 1.82) is 0 Å². The summed E-state index contributed by atoms with van der Waals surface area (Å²) >= 11 is 5.81. The highest BCUT2D eigenvalue weighted by Crippen LogP contribution is 2.26. The molecule has 0 saturated heterocycles. The van der Waals surface area contributed by atoms with E-state index in [1.807, 2.05) is 6.07 Å². The van der Waals surface area contributed by atoms with Crippen LogP contribution in [0.25, 0.3) is 11.0 Å². The first-order valence-electron chi connectivity index (χ1n) is 6.40. The summed E-state index contributed by atoms with van der Waals surface area (Å²) < 4.78 is 15.9. The summed E-state index contributed by atoms with van der Waals surface area (Å²) in [5.74, 6) is 1.13. The van der Waals surface area contributed by atoms with Gasteiger partial charge in [-0.25, -0.2) is 9.37 Å². The Bertz CT molecular complexity index is 536. The third kappa shape index (κ3) is 2.37. The molecule has 0 amide bonds. The molecule has 18 heavy (non-hydrogen) atoms. The monoisotopic (exact) mass is 268 g/mol. The molecule has 0 aliphatic heterocycles. The standard InChI is InChI=1S/C14H18ClFN2/c1-3-5-10(2)18-12-7-4-6-11(16)14(12)17-13(18)8-9-15/h4,6-7,10H,3,5,8-9H2,1-2H3. The van der Waals surface area contributed by atoms with E-state index >= 15 is 0 Å². The number of para-hydroxylation sites is 1. The van der Waals surface area contributed by atoms with Gasteiger partial charge >= 0.3 is 0 Å². The van der Waals surface area contributed by atoms with Gasteiger partial charge in [0.1, 0.15) is 11.3 Å². The molecule has 1 unspecified atom stereocenters. The van der Waals surface area contributed by atoms with E-state index in [0.29, 0.717) is 23.9 Å². The number of benzene rings is 1. The van der Waals surface area contributed by atoms with Crippen LogP contribution in [0.15, 0.2) is 18.2 Å². The highest BCUT2D eigenvalue weighted by atomic mass is 35.5. The number of aryl methyl sites for hydroxylation is 1. The van der Waals surface area contributed by atoms with Crippen LogP contribution in [0.2, 0.25) is 0 Å². The fourth-order valence-corrected chi connectivity index (χ4v) is 2.60. The molecule has 98 valence electrons. The number of fused-ring (bicyclic) bond motifs is 1. The number of imidazole rings is 1. The molecule has 0 aliphatic carbocycles. The van der Waals surface area contributed by atoms with Gasteiger partial charge in [0.05, 0.1) is 5.52 Å². The van der Waals surface area contributed by atoms with Gasteiger partial charge in [0, 0.05) is 18.3 Å². The minimum Gasteiger partial charge on any atom is -0.325 e. The van der Waals surface area contributed by atoms with Gasteiger partial charge in [0.2, 0.25) is 0 Å². The smallest absolute Gasteiger partial charge is 0.151 e. The van der Waals surface area contributed by atoms with Gasteiger partial charge in [-0.15, -0.1) is 11.6 Å². The first-order chi connectivity index (χ1) is 8.69. The molecule has 4 heteroatoms. The summed E-state index contributed by atoms with van der Waals surface area (Å²) in [6.07, 6.45) is 2.82. The zero-order valence-electron chi connectivity index (χ0n) is 10.8. The van der Waals surface area contributed by atoms with E-state index in [4.69, 9.17) is 11.6 Å². The van der Waals surface area contributed by atoms with Gasteiger partial charge < -0.3 is 4.57 Å². The Labute approximate surface area is 112 Å². The Morgan fingerprint density at radius 1 is 1.44 bits per heavy atom. The molecule has 0 spiro atoms. The van der Waals surface area contributed by atoms with Crippen molar-refractivity contribution in [3.63, 3.8) is 0 Å². The van der Waals surface area contributed by atoms with Gasteiger partial charge in [-0.1, -0.05) is 19.4 Å². The zero-order valence-corrected chi connectivity index (χ0v) is 11.5. The van der Waals surface area contributed by atoms with Crippen LogP contribution in [0, 0.1) is 5.82 Å². The van der Waals surface area contributed by atoms with E-state index in [9.17, 15) is 4.39 Å². The minimum absolute atomic E-state index is 0.259. The van der Waals surface area contributed by atoms with Crippen molar-refractivity contribution in [1.82, 2.24) is 9.55 Å². The second-order valence-corrected chi connectivity index (χ2v) is 4.96. The average Bonchev–Trinajstić information content (AvgIpc) is 2.70. The van der Waals surface area contributed by atoms with Crippen molar-refractivity contribution in [2.45, 2.75) is 39.2 Å². The highest BCUT2D eigenvalue weighted by molar-refractivity contribution is 6.17. The lowest BCUT2D eigenvalue weighted by atomic mass is 10.2. The van der Waals surface area contributed by atoms with E-state index in [0.717, 1.165) is 24.2 Å². The summed E-state index contributed by atoms with van der Waals surface area (Å²) in [5, 5.41) is 0. The molecule has 2 aromatic rings. The fraction of sp³-hybridized carbons (Fsp3) is 0.500. The summed E-state index contributed by atoms with van der Waals surface area (Å²) in [7, 11) is 0. The van der Waals surface area contributed by atoms with Crippen LogP contribution in [0.4, 0.5) is 4.39 Å². The third-order valence-electron chi connectivity index (χ3n) is 3.21.